The number of amides is 1. The number of carbonyl (C=O) groups excluding carboxylic acids is 1. The van der Waals surface area contributed by atoms with E-state index in [1.54, 1.807) is 39.0 Å². The topological polar surface area (TPSA) is 131 Å². The van der Waals surface area contributed by atoms with Crippen LogP contribution in [0, 0.1) is 0 Å². The zero-order valence-corrected chi connectivity index (χ0v) is 17.9. The summed E-state index contributed by atoms with van der Waals surface area (Å²) >= 11 is 0. The summed E-state index contributed by atoms with van der Waals surface area (Å²) in [6, 6.07) is 10.4. The standard InChI is InChI=1S/C21H25F2N5O4/c1-21(2,3)32-20(30)27-16-10-6-7-13(26-16)11-31-28-17(19(24)25-12-29)14-8-4-5-9-15(14)18(22)23/h4-10,18,29H,11-12H2,1-3H3,(H2,24,25)(H,26,27,30)/b28-17+. The highest BCUT2D eigenvalue weighted by Crippen LogP contribution is 2.23. The highest BCUT2D eigenvalue weighted by Gasteiger charge is 2.20. The van der Waals surface area contributed by atoms with E-state index < -0.39 is 24.9 Å². The van der Waals surface area contributed by atoms with Crippen LogP contribution in [0.3, 0.4) is 0 Å². The van der Waals surface area contributed by atoms with Crippen LogP contribution in [0.15, 0.2) is 52.6 Å². The SMILES string of the molecule is CC(C)(C)OC(=O)Nc1cccc(CO/N=C(/C(N)=NCO)c2ccccc2C(F)F)n1. The van der Waals surface area contributed by atoms with Gasteiger partial charge in [0.05, 0.1) is 5.69 Å². The highest BCUT2D eigenvalue weighted by molar-refractivity contribution is 6.47. The Balaban J connectivity index is 2.19. The van der Waals surface area contributed by atoms with E-state index in [0.717, 1.165) is 0 Å². The van der Waals surface area contributed by atoms with Crippen molar-refractivity contribution in [2.24, 2.45) is 15.9 Å². The predicted octanol–water partition coefficient (Wildman–Crippen LogP) is 3.59. The molecule has 0 bridgehead atoms. The number of aliphatic imine (C=N–C) groups is 1. The summed E-state index contributed by atoms with van der Waals surface area (Å²) in [5, 5.41) is 15.4. The second kappa shape index (κ2) is 11.1. The minimum atomic E-state index is -2.78. The molecule has 11 heteroatoms. The Bertz CT molecular complexity index is 990. The fourth-order valence-corrected chi connectivity index (χ4v) is 2.49. The van der Waals surface area contributed by atoms with Crippen molar-refractivity contribution in [3.05, 3.63) is 59.3 Å². The summed E-state index contributed by atoms with van der Waals surface area (Å²) in [5.41, 5.74) is 5.07. The van der Waals surface area contributed by atoms with Gasteiger partial charge in [0.25, 0.3) is 6.43 Å². The normalized spacial score (nSPS) is 12.6. The van der Waals surface area contributed by atoms with Gasteiger partial charge in [-0.05, 0) is 32.9 Å². The van der Waals surface area contributed by atoms with Crippen molar-refractivity contribution >= 4 is 23.5 Å². The average molecular weight is 449 g/mol. The lowest BCUT2D eigenvalue weighted by atomic mass is 10.0. The molecule has 2 aromatic rings. The van der Waals surface area contributed by atoms with Crippen LogP contribution in [0.25, 0.3) is 0 Å². The summed E-state index contributed by atoms with van der Waals surface area (Å²) < 4.78 is 32.0. The summed E-state index contributed by atoms with van der Waals surface area (Å²) in [6.07, 6.45) is -3.45. The lowest BCUT2D eigenvalue weighted by Gasteiger charge is -2.19. The van der Waals surface area contributed by atoms with Gasteiger partial charge in [-0.3, -0.25) is 5.32 Å². The summed E-state index contributed by atoms with van der Waals surface area (Å²) in [4.78, 5) is 25.0. The van der Waals surface area contributed by atoms with Crippen molar-refractivity contribution in [1.82, 2.24) is 4.98 Å². The van der Waals surface area contributed by atoms with Crippen molar-refractivity contribution in [3.63, 3.8) is 0 Å². The first-order chi connectivity index (χ1) is 15.1. The van der Waals surface area contributed by atoms with E-state index in [4.69, 9.17) is 20.4 Å². The lowest BCUT2D eigenvalue weighted by molar-refractivity contribution is 0.0635. The molecule has 9 nitrogen and oxygen atoms in total. The Kier molecular flexibility index (Phi) is 8.59. The van der Waals surface area contributed by atoms with Crippen molar-refractivity contribution < 1.29 is 28.3 Å². The van der Waals surface area contributed by atoms with Crippen molar-refractivity contribution in [2.75, 3.05) is 12.0 Å². The lowest BCUT2D eigenvalue weighted by Crippen LogP contribution is -2.27. The molecule has 0 spiro atoms. The number of ether oxygens (including phenoxy) is 1. The third kappa shape index (κ3) is 7.58. The molecule has 0 atom stereocenters. The number of halogens is 2. The van der Waals surface area contributed by atoms with Gasteiger partial charge in [0.1, 0.15) is 18.1 Å². The van der Waals surface area contributed by atoms with Crippen LogP contribution in [-0.2, 0) is 16.2 Å². The maximum Gasteiger partial charge on any atom is 0.413 e. The number of nitrogens with two attached hydrogens (primary N) is 1. The second-order valence-corrected chi connectivity index (χ2v) is 7.43. The number of aliphatic hydroxyl groups excluding tert-OH is 1. The third-order valence-electron chi connectivity index (χ3n) is 3.74. The fourth-order valence-electron chi connectivity index (χ4n) is 2.49. The third-order valence-corrected chi connectivity index (χ3v) is 3.74. The predicted molar refractivity (Wildman–Crippen MR) is 116 cm³/mol. The molecule has 0 saturated carbocycles. The van der Waals surface area contributed by atoms with Gasteiger partial charge in [-0.2, -0.15) is 0 Å². The number of hydrogen-bond acceptors (Lipinski definition) is 7. The summed E-state index contributed by atoms with van der Waals surface area (Å²) in [6.45, 7) is 4.39. The number of alkyl halides is 2. The van der Waals surface area contributed by atoms with Crippen molar-refractivity contribution in [2.45, 2.75) is 39.4 Å². The van der Waals surface area contributed by atoms with Crippen LogP contribution in [-0.4, -0.2) is 40.1 Å². The molecule has 1 amide bonds. The van der Waals surface area contributed by atoms with Crippen molar-refractivity contribution in [1.29, 1.82) is 0 Å². The van der Waals surface area contributed by atoms with Gasteiger partial charge in [-0.15, -0.1) is 0 Å². The Morgan fingerprint density at radius 3 is 2.59 bits per heavy atom. The molecule has 0 radical (unpaired) electrons. The van der Waals surface area contributed by atoms with E-state index in [2.05, 4.69) is 20.4 Å². The first kappa shape index (κ1) is 24.7. The smallest absolute Gasteiger partial charge is 0.413 e. The number of pyridine rings is 1. The molecule has 0 fully saturated rings. The van der Waals surface area contributed by atoms with Gasteiger partial charge in [-0.25, -0.2) is 23.6 Å². The number of aliphatic hydroxyl groups is 1. The number of amidine groups is 1. The van der Waals surface area contributed by atoms with E-state index in [0.29, 0.717) is 5.69 Å². The number of nitrogens with zero attached hydrogens (tertiary/aromatic N) is 3. The number of hydrogen-bond donors (Lipinski definition) is 3. The number of rotatable bonds is 8. The Labute approximate surface area is 184 Å². The molecule has 1 aromatic carbocycles. The molecule has 172 valence electrons. The molecular formula is C21H25F2N5O4. The van der Waals surface area contributed by atoms with Gasteiger partial charge in [0.2, 0.25) is 0 Å². The average Bonchev–Trinajstić information content (AvgIpc) is 2.70. The second-order valence-electron chi connectivity index (χ2n) is 7.43. The molecule has 0 aliphatic carbocycles. The molecular weight excluding hydrogens is 424 g/mol. The number of aromatic nitrogens is 1. The molecule has 0 aliphatic heterocycles. The van der Waals surface area contributed by atoms with Crippen LogP contribution < -0.4 is 11.1 Å². The van der Waals surface area contributed by atoms with Crippen LogP contribution in [0.4, 0.5) is 19.4 Å². The summed E-state index contributed by atoms with van der Waals surface area (Å²) in [5.74, 6) is -0.0390. The molecule has 0 aliphatic rings. The maximum atomic E-state index is 13.4. The van der Waals surface area contributed by atoms with Gasteiger partial charge in [0, 0.05) is 11.1 Å². The minimum Gasteiger partial charge on any atom is -0.444 e. The summed E-state index contributed by atoms with van der Waals surface area (Å²) in [7, 11) is 0. The van der Waals surface area contributed by atoms with Crippen LogP contribution in [0.2, 0.25) is 0 Å². The first-order valence-corrected chi connectivity index (χ1v) is 9.55. The van der Waals surface area contributed by atoms with Crippen LogP contribution >= 0.6 is 0 Å². The highest BCUT2D eigenvalue weighted by atomic mass is 19.3. The van der Waals surface area contributed by atoms with E-state index in [-0.39, 0.29) is 35.1 Å². The van der Waals surface area contributed by atoms with Gasteiger partial charge in [0.15, 0.2) is 18.2 Å². The number of nitrogens with one attached hydrogen (secondary N) is 1. The molecule has 4 N–H and O–H groups in total. The van der Waals surface area contributed by atoms with Crippen LogP contribution in [0.5, 0.6) is 0 Å². The van der Waals surface area contributed by atoms with Gasteiger partial charge < -0.3 is 20.4 Å². The number of benzene rings is 1. The zero-order valence-electron chi connectivity index (χ0n) is 17.9. The Hall–Kier alpha value is -3.60. The number of oxime groups is 1. The molecule has 32 heavy (non-hydrogen) atoms. The molecule has 1 heterocycles. The molecule has 1 aromatic heterocycles. The minimum absolute atomic E-state index is 0.0190. The fraction of sp³-hybridized carbons (Fsp3) is 0.333. The Morgan fingerprint density at radius 1 is 1.22 bits per heavy atom. The Morgan fingerprint density at radius 2 is 1.94 bits per heavy atom. The van der Waals surface area contributed by atoms with Crippen LogP contribution in [0.1, 0.15) is 44.0 Å². The molecule has 0 unspecified atom stereocenters. The quantitative estimate of drug-likeness (QED) is 0.321. The molecule has 2 rings (SSSR count). The first-order valence-electron chi connectivity index (χ1n) is 9.55. The number of carbonyl (C=O) groups is 1. The van der Waals surface area contributed by atoms with E-state index in [1.165, 1.54) is 24.3 Å². The molecule has 0 saturated heterocycles. The largest absolute Gasteiger partial charge is 0.444 e. The van der Waals surface area contributed by atoms with E-state index in [9.17, 15) is 13.6 Å². The zero-order chi connectivity index (χ0) is 23.7. The number of anilines is 1. The van der Waals surface area contributed by atoms with Gasteiger partial charge >= 0.3 is 6.09 Å². The maximum absolute atomic E-state index is 13.4. The van der Waals surface area contributed by atoms with E-state index >= 15 is 0 Å². The van der Waals surface area contributed by atoms with Gasteiger partial charge in [-0.1, -0.05) is 35.5 Å². The van der Waals surface area contributed by atoms with Crippen molar-refractivity contribution in [3.8, 4) is 0 Å². The monoisotopic (exact) mass is 449 g/mol. The van der Waals surface area contributed by atoms with E-state index in [1.807, 2.05) is 0 Å².